The topological polar surface area (TPSA) is 47.9 Å². The SMILES string of the molecule is C=N[C@]12C(=O)CC[C@H]1C1(OCCO1)[C@H]2CCBr. The minimum atomic E-state index is -0.627. The third kappa shape index (κ3) is 1.20. The molecular formula is C12H16BrNO3. The Labute approximate surface area is 109 Å². The molecule has 1 saturated heterocycles. The average molecular weight is 302 g/mol. The van der Waals surface area contributed by atoms with Crippen molar-refractivity contribution in [2.45, 2.75) is 30.6 Å². The molecule has 0 radical (unpaired) electrons. The Balaban J connectivity index is 1.99. The fourth-order valence-corrected chi connectivity index (χ4v) is 4.43. The fraction of sp³-hybridized carbons (Fsp3) is 0.833. The van der Waals surface area contributed by atoms with Gasteiger partial charge < -0.3 is 9.47 Å². The van der Waals surface area contributed by atoms with E-state index in [2.05, 4.69) is 27.6 Å². The molecule has 5 heteroatoms. The molecule has 0 amide bonds. The number of alkyl halides is 1. The van der Waals surface area contributed by atoms with Gasteiger partial charge in [0.25, 0.3) is 0 Å². The minimum Gasteiger partial charge on any atom is -0.347 e. The number of carbonyl (C=O) groups is 1. The predicted octanol–water partition coefficient (Wildman–Crippen LogP) is 1.56. The van der Waals surface area contributed by atoms with Gasteiger partial charge in [-0.2, -0.15) is 0 Å². The van der Waals surface area contributed by atoms with Gasteiger partial charge in [0, 0.05) is 23.6 Å². The normalized spacial score (nSPS) is 42.5. The maximum atomic E-state index is 12.2. The maximum Gasteiger partial charge on any atom is 0.179 e. The van der Waals surface area contributed by atoms with Gasteiger partial charge in [-0.25, -0.2) is 0 Å². The van der Waals surface area contributed by atoms with Crippen LogP contribution in [0.5, 0.6) is 0 Å². The van der Waals surface area contributed by atoms with E-state index in [4.69, 9.17) is 9.47 Å². The molecule has 3 atom stereocenters. The van der Waals surface area contributed by atoms with Crippen LogP contribution in [0.25, 0.3) is 0 Å². The maximum absolute atomic E-state index is 12.2. The summed E-state index contributed by atoms with van der Waals surface area (Å²) in [5.74, 6) is -0.240. The van der Waals surface area contributed by atoms with Gasteiger partial charge in [-0.05, 0) is 19.6 Å². The van der Waals surface area contributed by atoms with Crippen LogP contribution in [0.3, 0.4) is 0 Å². The molecule has 0 N–H and O–H groups in total. The number of ether oxygens (including phenoxy) is 2. The average Bonchev–Trinajstić information content (AvgIpc) is 2.91. The highest BCUT2D eigenvalue weighted by atomic mass is 79.9. The van der Waals surface area contributed by atoms with Crippen LogP contribution in [0.1, 0.15) is 19.3 Å². The van der Waals surface area contributed by atoms with E-state index in [-0.39, 0.29) is 17.6 Å². The summed E-state index contributed by atoms with van der Waals surface area (Å²) < 4.78 is 11.7. The van der Waals surface area contributed by atoms with Crippen LogP contribution in [0.4, 0.5) is 0 Å². The summed E-state index contributed by atoms with van der Waals surface area (Å²) in [5, 5.41) is 0.823. The number of rotatable bonds is 3. The van der Waals surface area contributed by atoms with Crippen molar-refractivity contribution in [2.24, 2.45) is 16.8 Å². The van der Waals surface area contributed by atoms with Gasteiger partial charge in [-0.1, -0.05) is 15.9 Å². The summed E-state index contributed by atoms with van der Waals surface area (Å²) in [7, 11) is 0. The van der Waals surface area contributed by atoms with Crippen LogP contribution < -0.4 is 0 Å². The van der Waals surface area contributed by atoms with Crippen LogP contribution in [-0.2, 0) is 14.3 Å². The number of hydrogen-bond acceptors (Lipinski definition) is 4. The lowest BCUT2D eigenvalue weighted by Crippen LogP contribution is -2.73. The molecule has 0 aromatic heterocycles. The van der Waals surface area contributed by atoms with Crippen molar-refractivity contribution in [2.75, 3.05) is 18.5 Å². The molecule has 3 aliphatic rings. The Hall–Kier alpha value is -0.260. The number of ketones is 1. The third-order valence-electron chi connectivity index (χ3n) is 4.54. The molecule has 0 bridgehead atoms. The van der Waals surface area contributed by atoms with Crippen molar-refractivity contribution in [1.82, 2.24) is 0 Å². The van der Waals surface area contributed by atoms with Gasteiger partial charge in [-0.15, -0.1) is 0 Å². The van der Waals surface area contributed by atoms with Crippen LogP contribution in [-0.4, -0.2) is 42.4 Å². The van der Waals surface area contributed by atoms with Crippen LogP contribution in [0.15, 0.2) is 4.99 Å². The molecule has 0 unspecified atom stereocenters. The zero-order valence-electron chi connectivity index (χ0n) is 9.65. The molecule has 1 heterocycles. The first kappa shape index (κ1) is 11.8. The first-order chi connectivity index (χ1) is 8.22. The smallest absolute Gasteiger partial charge is 0.179 e. The first-order valence-electron chi connectivity index (χ1n) is 6.07. The highest BCUT2D eigenvalue weighted by Gasteiger charge is 2.78. The van der Waals surface area contributed by atoms with Gasteiger partial charge >= 0.3 is 0 Å². The molecule has 94 valence electrons. The van der Waals surface area contributed by atoms with Crippen molar-refractivity contribution in [3.8, 4) is 0 Å². The summed E-state index contributed by atoms with van der Waals surface area (Å²) in [6.45, 7) is 4.90. The lowest BCUT2D eigenvalue weighted by molar-refractivity contribution is -0.312. The zero-order chi connectivity index (χ0) is 12.1. The van der Waals surface area contributed by atoms with Crippen LogP contribution in [0, 0.1) is 11.8 Å². The van der Waals surface area contributed by atoms with E-state index in [1.807, 2.05) is 0 Å². The highest BCUT2D eigenvalue weighted by Crippen LogP contribution is 2.65. The van der Waals surface area contributed by atoms with Gasteiger partial charge in [0.15, 0.2) is 11.6 Å². The molecule has 0 aromatic carbocycles. The van der Waals surface area contributed by atoms with Gasteiger partial charge in [0.1, 0.15) is 5.54 Å². The van der Waals surface area contributed by atoms with E-state index in [1.54, 1.807) is 0 Å². The number of aliphatic imine (C=N–C) groups is 1. The first-order valence-corrected chi connectivity index (χ1v) is 7.19. The summed E-state index contributed by atoms with van der Waals surface area (Å²) in [4.78, 5) is 16.4. The Morgan fingerprint density at radius 1 is 1.47 bits per heavy atom. The highest BCUT2D eigenvalue weighted by molar-refractivity contribution is 9.09. The predicted molar refractivity (Wildman–Crippen MR) is 66.5 cm³/mol. The van der Waals surface area contributed by atoms with Gasteiger partial charge in [0.05, 0.1) is 13.2 Å². The molecule has 2 saturated carbocycles. The van der Waals surface area contributed by atoms with Crippen molar-refractivity contribution < 1.29 is 14.3 Å². The summed E-state index contributed by atoms with van der Waals surface area (Å²) in [5.41, 5.74) is -0.627. The molecule has 17 heavy (non-hydrogen) atoms. The van der Waals surface area contributed by atoms with E-state index in [9.17, 15) is 4.79 Å². The Kier molecular flexibility index (Phi) is 2.69. The van der Waals surface area contributed by atoms with Crippen molar-refractivity contribution in [1.29, 1.82) is 0 Å². The number of halogens is 1. The van der Waals surface area contributed by atoms with Gasteiger partial charge in [-0.3, -0.25) is 9.79 Å². The quantitative estimate of drug-likeness (QED) is 0.587. The lowest BCUT2D eigenvalue weighted by atomic mass is 9.54. The van der Waals surface area contributed by atoms with E-state index in [0.29, 0.717) is 19.6 Å². The van der Waals surface area contributed by atoms with Crippen molar-refractivity contribution in [3.63, 3.8) is 0 Å². The zero-order valence-corrected chi connectivity index (χ0v) is 11.2. The van der Waals surface area contributed by atoms with Crippen molar-refractivity contribution in [3.05, 3.63) is 0 Å². The van der Waals surface area contributed by atoms with Crippen LogP contribution >= 0.6 is 15.9 Å². The van der Waals surface area contributed by atoms with Crippen LogP contribution in [0.2, 0.25) is 0 Å². The van der Waals surface area contributed by atoms with E-state index < -0.39 is 11.3 Å². The Morgan fingerprint density at radius 2 is 2.18 bits per heavy atom. The van der Waals surface area contributed by atoms with E-state index >= 15 is 0 Å². The molecular weight excluding hydrogens is 286 g/mol. The minimum absolute atomic E-state index is 0.0226. The summed E-state index contributed by atoms with van der Waals surface area (Å²) >= 11 is 3.44. The third-order valence-corrected chi connectivity index (χ3v) is 5.00. The second kappa shape index (κ2) is 3.87. The molecule has 3 fully saturated rings. The monoisotopic (exact) mass is 301 g/mol. The summed E-state index contributed by atoms with van der Waals surface area (Å²) in [6.07, 6.45) is 2.23. The van der Waals surface area contributed by atoms with E-state index in [0.717, 1.165) is 18.2 Å². The molecule has 3 rings (SSSR count). The number of nitrogens with zero attached hydrogens (tertiary/aromatic N) is 1. The van der Waals surface area contributed by atoms with Gasteiger partial charge in [0.2, 0.25) is 0 Å². The second-order valence-corrected chi connectivity index (χ2v) is 5.74. The number of fused-ring (bicyclic) bond motifs is 2. The Morgan fingerprint density at radius 3 is 2.76 bits per heavy atom. The molecule has 1 aliphatic heterocycles. The largest absolute Gasteiger partial charge is 0.347 e. The number of carbonyl (C=O) groups excluding carboxylic acids is 1. The Bertz CT molecular complexity index is 367. The standard InChI is InChI=1S/C12H16BrNO3/c1-14-11-8(2-3-10(11)15)12(9(11)4-5-13)16-6-7-17-12/h8-9H,1-7H2/t8-,9+,11-/m1/s1. The second-order valence-electron chi connectivity index (χ2n) is 4.95. The van der Waals surface area contributed by atoms with E-state index in [1.165, 1.54) is 0 Å². The molecule has 2 aliphatic carbocycles. The molecule has 4 nitrogen and oxygen atoms in total. The molecule has 0 aromatic rings. The number of hydrogen-bond donors (Lipinski definition) is 0. The lowest BCUT2D eigenvalue weighted by Gasteiger charge is -2.59. The van der Waals surface area contributed by atoms with Crippen molar-refractivity contribution >= 4 is 28.4 Å². The number of Topliss-reactive ketones (excluding diaryl/α,β-unsaturated/α-hetero) is 1. The fourth-order valence-electron chi connectivity index (χ4n) is 3.97. The molecule has 1 spiro atoms. The summed E-state index contributed by atoms with van der Waals surface area (Å²) in [6, 6.07) is 0.